The molecule has 2 aliphatic heterocycles. The number of aliphatic imine (C=N–C) groups is 1. The van der Waals surface area contributed by atoms with Gasteiger partial charge < -0.3 is 20.9 Å². The molecular formula is C20H29FIN5O2. The number of hydrogen-bond donors (Lipinski definition) is 3. The molecule has 160 valence electrons. The van der Waals surface area contributed by atoms with Gasteiger partial charge in [0.2, 0.25) is 11.8 Å². The van der Waals surface area contributed by atoms with Crippen molar-refractivity contribution in [3.63, 3.8) is 0 Å². The Kier molecular flexibility index (Phi) is 8.66. The highest BCUT2D eigenvalue weighted by Crippen LogP contribution is 2.35. The van der Waals surface area contributed by atoms with Crippen molar-refractivity contribution in [2.75, 3.05) is 39.8 Å². The third kappa shape index (κ3) is 6.55. The summed E-state index contributed by atoms with van der Waals surface area (Å²) in [6, 6.07) is 6.06. The first-order valence-corrected chi connectivity index (χ1v) is 9.73. The molecule has 1 spiro atoms. The highest BCUT2D eigenvalue weighted by molar-refractivity contribution is 14.0. The number of halogens is 2. The fourth-order valence-corrected chi connectivity index (χ4v) is 4.03. The number of nitrogens with one attached hydrogen (secondary N) is 3. The zero-order valence-corrected chi connectivity index (χ0v) is 19.0. The van der Waals surface area contributed by atoms with E-state index in [0.29, 0.717) is 25.1 Å². The maximum absolute atomic E-state index is 13.2. The molecular weight excluding hydrogens is 488 g/mol. The van der Waals surface area contributed by atoms with Gasteiger partial charge in [-0.2, -0.15) is 0 Å². The molecule has 29 heavy (non-hydrogen) atoms. The lowest BCUT2D eigenvalue weighted by Gasteiger charge is -2.40. The van der Waals surface area contributed by atoms with Crippen LogP contribution in [0.2, 0.25) is 0 Å². The van der Waals surface area contributed by atoms with Gasteiger partial charge in [0.05, 0.1) is 6.42 Å². The van der Waals surface area contributed by atoms with Crippen LogP contribution in [0.3, 0.4) is 0 Å². The number of guanidine groups is 1. The molecule has 7 nitrogen and oxygen atoms in total. The summed E-state index contributed by atoms with van der Waals surface area (Å²) in [4.78, 5) is 30.2. The summed E-state index contributed by atoms with van der Waals surface area (Å²) in [6.07, 6.45) is 2.81. The van der Waals surface area contributed by atoms with Gasteiger partial charge in [-0.1, -0.05) is 12.1 Å². The second-order valence-electron chi connectivity index (χ2n) is 7.61. The standard InChI is InChI=1S/C20H28FN5O2.HI/c1-22-19(26-9-3-6-20(14-26)12-18(28)25-13-20)24-8-7-23-17(27)11-15-4-2-5-16(21)10-15;/h2,4-5,10H,3,6-9,11-14H2,1H3,(H,22,24)(H,23,27)(H,25,28);1H. The summed E-state index contributed by atoms with van der Waals surface area (Å²) >= 11 is 0. The fourth-order valence-electron chi connectivity index (χ4n) is 4.03. The van der Waals surface area contributed by atoms with Gasteiger partial charge in [0.1, 0.15) is 5.82 Å². The van der Waals surface area contributed by atoms with E-state index in [0.717, 1.165) is 38.4 Å². The van der Waals surface area contributed by atoms with E-state index in [2.05, 4.69) is 25.8 Å². The van der Waals surface area contributed by atoms with Crippen LogP contribution in [0.25, 0.3) is 0 Å². The molecule has 2 amide bonds. The molecule has 0 aliphatic carbocycles. The van der Waals surface area contributed by atoms with E-state index in [-0.39, 0.29) is 53.4 Å². The van der Waals surface area contributed by atoms with Crippen LogP contribution in [0.15, 0.2) is 29.3 Å². The summed E-state index contributed by atoms with van der Waals surface area (Å²) in [5.41, 5.74) is 0.658. The number of carbonyl (C=O) groups is 2. The first kappa shape index (κ1) is 23.4. The molecule has 9 heteroatoms. The van der Waals surface area contributed by atoms with Crippen LogP contribution in [0.1, 0.15) is 24.8 Å². The molecule has 0 aromatic heterocycles. The van der Waals surface area contributed by atoms with E-state index in [1.54, 1.807) is 19.2 Å². The molecule has 2 fully saturated rings. The van der Waals surface area contributed by atoms with Crippen molar-refractivity contribution < 1.29 is 14.0 Å². The Bertz CT molecular complexity index is 760. The number of benzene rings is 1. The van der Waals surface area contributed by atoms with Gasteiger partial charge in [-0.25, -0.2) is 4.39 Å². The molecule has 2 heterocycles. The molecule has 1 aromatic rings. The predicted molar refractivity (Wildman–Crippen MR) is 121 cm³/mol. The first-order valence-electron chi connectivity index (χ1n) is 9.73. The summed E-state index contributed by atoms with van der Waals surface area (Å²) in [5.74, 6) is 0.438. The number of likely N-dealkylation sites (tertiary alicyclic amines) is 1. The monoisotopic (exact) mass is 517 g/mol. The Labute approximate surface area is 187 Å². The van der Waals surface area contributed by atoms with Crippen molar-refractivity contribution in [1.29, 1.82) is 0 Å². The average Bonchev–Trinajstić information content (AvgIpc) is 3.01. The van der Waals surface area contributed by atoms with Gasteiger partial charge in [0, 0.05) is 51.6 Å². The first-order chi connectivity index (χ1) is 13.5. The number of rotatable bonds is 5. The van der Waals surface area contributed by atoms with Gasteiger partial charge in [0.25, 0.3) is 0 Å². The van der Waals surface area contributed by atoms with E-state index in [1.165, 1.54) is 12.1 Å². The maximum atomic E-state index is 13.2. The third-order valence-electron chi connectivity index (χ3n) is 5.35. The zero-order valence-electron chi connectivity index (χ0n) is 16.7. The van der Waals surface area contributed by atoms with Crippen molar-refractivity contribution in [1.82, 2.24) is 20.9 Å². The van der Waals surface area contributed by atoms with Crippen molar-refractivity contribution in [2.24, 2.45) is 10.4 Å². The Balaban J connectivity index is 0.00000300. The van der Waals surface area contributed by atoms with Gasteiger partial charge in [-0.15, -0.1) is 24.0 Å². The van der Waals surface area contributed by atoms with Crippen molar-refractivity contribution >= 4 is 41.8 Å². The summed E-state index contributed by atoms with van der Waals surface area (Å²) < 4.78 is 13.2. The third-order valence-corrected chi connectivity index (χ3v) is 5.35. The van der Waals surface area contributed by atoms with Crippen LogP contribution < -0.4 is 16.0 Å². The number of nitrogens with zero attached hydrogens (tertiary/aromatic N) is 2. The molecule has 0 bridgehead atoms. The second kappa shape index (κ2) is 10.7. The molecule has 2 saturated heterocycles. The highest BCUT2D eigenvalue weighted by Gasteiger charge is 2.42. The number of amides is 2. The summed E-state index contributed by atoms with van der Waals surface area (Å²) in [7, 11) is 1.74. The number of hydrogen-bond acceptors (Lipinski definition) is 3. The summed E-state index contributed by atoms with van der Waals surface area (Å²) in [5, 5.41) is 9.07. The highest BCUT2D eigenvalue weighted by atomic mass is 127. The van der Waals surface area contributed by atoms with E-state index in [1.807, 2.05) is 0 Å². The lowest BCUT2D eigenvalue weighted by atomic mass is 9.79. The Hall–Kier alpha value is -1.91. The Morgan fingerprint density at radius 1 is 1.34 bits per heavy atom. The van der Waals surface area contributed by atoms with Gasteiger partial charge in [0.15, 0.2) is 5.96 Å². The smallest absolute Gasteiger partial charge is 0.224 e. The van der Waals surface area contributed by atoms with Crippen LogP contribution in [-0.2, 0) is 16.0 Å². The minimum atomic E-state index is -0.339. The molecule has 2 aliphatic rings. The molecule has 3 rings (SSSR count). The van der Waals surface area contributed by atoms with Crippen LogP contribution in [0, 0.1) is 11.2 Å². The van der Waals surface area contributed by atoms with Crippen molar-refractivity contribution in [3.8, 4) is 0 Å². The zero-order chi connectivity index (χ0) is 20.0. The Morgan fingerprint density at radius 3 is 2.83 bits per heavy atom. The molecule has 0 radical (unpaired) electrons. The predicted octanol–water partition coefficient (Wildman–Crippen LogP) is 1.28. The van der Waals surface area contributed by atoms with Gasteiger partial charge in [-0.3, -0.25) is 14.6 Å². The lowest BCUT2D eigenvalue weighted by Crippen LogP contribution is -2.52. The largest absolute Gasteiger partial charge is 0.355 e. The second-order valence-corrected chi connectivity index (χ2v) is 7.61. The number of piperidine rings is 1. The normalized spacial score (nSPS) is 21.5. The average molecular weight is 517 g/mol. The van der Waals surface area contributed by atoms with E-state index in [4.69, 9.17) is 0 Å². The van der Waals surface area contributed by atoms with Crippen LogP contribution in [-0.4, -0.2) is 62.4 Å². The van der Waals surface area contributed by atoms with Gasteiger partial charge >= 0.3 is 0 Å². The SMILES string of the molecule is CN=C(NCCNC(=O)Cc1cccc(F)c1)N1CCCC2(CNC(=O)C2)C1.I. The van der Waals surface area contributed by atoms with Crippen molar-refractivity contribution in [2.45, 2.75) is 25.7 Å². The quantitative estimate of drug-likeness (QED) is 0.238. The van der Waals surface area contributed by atoms with E-state index < -0.39 is 0 Å². The van der Waals surface area contributed by atoms with Crippen LogP contribution in [0.5, 0.6) is 0 Å². The van der Waals surface area contributed by atoms with Crippen molar-refractivity contribution in [3.05, 3.63) is 35.6 Å². The maximum Gasteiger partial charge on any atom is 0.224 e. The van der Waals surface area contributed by atoms with Crippen LogP contribution >= 0.6 is 24.0 Å². The minimum absolute atomic E-state index is 0. The Morgan fingerprint density at radius 2 is 2.14 bits per heavy atom. The molecule has 1 unspecified atom stereocenters. The number of carbonyl (C=O) groups excluding carboxylic acids is 2. The van der Waals surface area contributed by atoms with Gasteiger partial charge in [-0.05, 0) is 30.5 Å². The van der Waals surface area contributed by atoms with Crippen LogP contribution in [0.4, 0.5) is 4.39 Å². The molecule has 1 aromatic carbocycles. The van der Waals surface area contributed by atoms with E-state index >= 15 is 0 Å². The van der Waals surface area contributed by atoms with E-state index in [9.17, 15) is 14.0 Å². The molecule has 3 N–H and O–H groups in total. The fraction of sp³-hybridized carbons (Fsp3) is 0.550. The molecule has 0 saturated carbocycles. The summed E-state index contributed by atoms with van der Waals surface area (Å²) in [6.45, 7) is 3.43. The molecule has 1 atom stereocenters. The lowest BCUT2D eigenvalue weighted by molar-refractivity contribution is -0.121. The topological polar surface area (TPSA) is 85.8 Å². The minimum Gasteiger partial charge on any atom is -0.355 e.